The Bertz CT molecular complexity index is 1210. The molecule has 2 amide bonds. The molecule has 2 fully saturated rings. The molecule has 1 aliphatic carbocycles. The van der Waals surface area contributed by atoms with E-state index in [9.17, 15) is 14.9 Å². The summed E-state index contributed by atoms with van der Waals surface area (Å²) in [6.07, 6.45) is 2.50. The second-order valence-corrected chi connectivity index (χ2v) is 9.62. The zero-order valence-corrected chi connectivity index (χ0v) is 21.2. The maximum Gasteiger partial charge on any atom is 0.250 e. The van der Waals surface area contributed by atoms with E-state index in [1.165, 1.54) is 0 Å². The van der Waals surface area contributed by atoms with E-state index in [4.69, 9.17) is 9.72 Å². The van der Waals surface area contributed by atoms with Crippen molar-refractivity contribution in [1.82, 2.24) is 9.88 Å². The Kier molecular flexibility index (Phi) is 7.70. The summed E-state index contributed by atoms with van der Waals surface area (Å²) >= 11 is 0. The topological polar surface area (TPSA) is 98.6 Å². The fourth-order valence-electron chi connectivity index (χ4n) is 4.60. The van der Waals surface area contributed by atoms with Gasteiger partial charge in [-0.25, -0.2) is 4.98 Å². The van der Waals surface area contributed by atoms with Crippen LogP contribution in [-0.4, -0.2) is 61.1 Å². The van der Waals surface area contributed by atoms with E-state index in [2.05, 4.69) is 22.9 Å². The number of pyridine rings is 1. The number of rotatable bonds is 8. The molecule has 1 N–H and O–H groups in total. The molecule has 2 heterocycles. The number of amides is 2. The lowest BCUT2D eigenvalue weighted by molar-refractivity contribution is -0.134. The van der Waals surface area contributed by atoms with Crippen LogP contribution in [0, 0.1) is 11.3 Å². The third-order valence-corrected chi connectivity index (χ3v) is 6.70. The van der Waals surface area contributed by atoms with Gasteiger partial charge in [0.15, 0.2) is 0 Å². The lowest BCUT2D eigenvalue weighted by Gasteiger charge is -2.41. The van der Waals surface area contributed by atoms with E-state index in [-0.39, 0.29) is 17.9 Å². The van der Waals surface area contributed by atoms with Crippen LogP contribution >= 0.6 is 0 Å². The first-order valence-corrected chi connectivity index (χ1v) is 12.4. The van der Waals surface area contributed by atoms with Crippen molar-refractivity contribution in [3.8, 4) is 17.2 Å². The summed E-state index contributed by atoms with van der Waals surface area (Å²) in [6, 6.07) is 11.9. The van der Waals surface area contributed by atoms with Crippen LogP contribution in [0.25, 0.3) is 11.1 Å². The smallest absolute Gasteiger partial charge is 0.250 e. The summed E-state index contributed by atoms with van der Waals surface area (Å²) in [5.74, 6) is 0.903. The second-order valence-electron chi connectivity index (χ2n) is 9.62. The average molecular weight is 488 g/mol. The molecule has 2 aromatic rings. The van der Waals surface area contributed by atoms with Crippen molar-refractivity contribution in [2.45, 2.75) is 45.1 Å². The van der Waals surface area contributed by atoms with Crippen LogP contribution in [0.15, 0.2) is 42.5 Å². The van der Waals surface area contributed by atoms with Gasteiger partial charge in [0.2, 0.25) is 5.91 Å². The highest BCUT2D eigenvalue weighted by atomic mass is 16.5. The quantitative estimate of drug-likeness (QED) is 0.563. The van der Waals surface area contributed by atoms with Gasteiger partial charge in [-0.05, 0) is 50.5 Å². The maximum atomic E-state index is 12.5. The minimum absolute atomic E-state index is 0.00844. The summed E-state index contributed by atoms with van der Waals surface area (Å²) in [6.45, 7) is 9.63. The lowest BCUT2D eigenvalue weighted by Crippen LogP contribution is -2.54. The molecule has 0 spiro atoms. The number of carbonyl (C=O) groups is 2. The number of nitrogens with zero attached hydrogens (tertiary/aromatic N) is 4. The summed E-state index contributed by atoms with van der Waals surface area (Å²) in [5.41, 5.74) is 4.44. The summed E-state index contributed by atoms with van der Waals surface area (Å²) < 4.78 is 5.06. The molecule has 1 saturated carbocycles. The standard InChI is InChI=1S/C28H33N5O3/c1-18(2)28(35)30-23-7-5-6-21(14-23)24-15-22(16-29)27(31-26(24)20-8-9-20)32-11-12-33(19(3)17-32)25(34)10-13-36-4/h5-7,14-15,19-20H,1,8-13,17H2,2-4H3,(H,30,35). The van der Waals surface area contributed by atoms with Crippen LogP contribution in [0.3, 0.4) is 0 Å². The minimum Gasteiger partial charge on any atom is -0.384 e. The lowest BCUT2D eigenvalue weighted by atomic mass is 9.98. The number of hydrogen-bond donors (Lipinski definition) is 1. The number of anilines is 2. The van der Waals surface area contributed by atoms with Crippen molar-refractivity contribution < 1.29 is 14.3 Å². The van der Waals surface area contributed by atoms with E-state index in [0.29, 0.717) is 61.2 Å². The number of ether oxygens (including phenoxy) is 1. The zero-order chi connectivity index (χ0) is 25.8. The predicted octanol–water partition coefficient (Wildman–Crippen LogP) is 4.09. The molecular weight excluding hydrogens is 454 g/mol. The monoisotopic (exact) mass is 487 g/mol. The van der Waals surface area contributed by atoms with Gasteiger partial charge in [-0.3, -0.25) is 9.59 Å². The highest BCUT2D eigenvalue weighted by Crippen LogP contribution is 2.45. The second kappa shape index (κ2) is 10.9. The molecule has 188 valence electrons. The Morgan fingerprint density at radius 2 is 2.06 bits per heavy atom. The van der Waals surface area contributed by atoms with E-state index in [0.717, 1.165) is 29.7 Å². The van der Waals surface area contributed by atoms with Crippen molar-refractivity contribution in [3.63, 3.8) is 0 Å². The highest BCUT2D eigenvalue weighted by molar-refractivity contribution is 6.03. The molecule has 0 bridgehead atoms. The van der Waals surface area contributed by atoms with E-state index in [1.54, 1.807) is 14.0 Å². The molecule has 8 heteroatoms. The first kappa shape index (κ1) is 25.4. The first-order valence-electron chi connectivity index (χ1n) is 12.4. The van der Waals surface area contributed by atoms with Crippen molar-refractivity contribution in [1.29, 1.82) is 5.26 Å². The third-order valence-electron chi connectivity index (χ3n) is 6.70. The Morgan fingerprint density at radius 1 is 1.28 bits per heavy atom. The van der Waals surface area contributed by atoms with Gasteiger partial charge < -0.3 is 19.9 Å². The Morgan fingerprint density at radius 3 is 2.69 bits per heavy atom. The number of carbonyl (C=O) groups excluding carboxylic acids is 2. The van der Waals surface area contributed by atoms with Crippen molar-refractivity contribution in [3.05, 3.63) is 53.7 Å². The van der Waals surface area contributed by atoms with Gasteiger partial charge in [0.1, 0.15) is 11.9 Å². The fourth-order valence-corrected chi connectivity index (χ4v) is 4.60. The molecule has 36 heavy (non-hydrogen) atoms. The Hall–Kier alpha value is -3.70. The minimum atomic E-state index is -0.227. The van der Waals surface area contributed by atoms with Gasteiger partial charge in [0.05, 0.1) is 24.3 Å². The van der Waals surface area contributed by atoms with E-state index < -0.39 is 0 Å². The van der Waals surface area contributed by atoms with Gasteiger partial charge >= 0.3 is 0 Å². The number of methoxy groups -OCH3 is 1. The van der Waals surface area contributed by atoms with Crippen LogP contribution in [-0.2, 0) is 14.3 Å². The number of nitriles is 1. The van der Waals surface area contributed by atoms with E-state index >= 15 is 0 Å². The highest BCUT2D eigenvalue weighted by Gasteiger charge is 2.33. The first-order chi connectivity index (χ1) is 17.3. The van der Waals surface area contributed by atoms with E-state index in [1.807, 2.05) is 42.2 Å². The molecule has 1 aromatic heterocycles. The average Bonchev–Trinajstić information content (AvgIpc) is 3.72. The van der Waals surface area contributed by atoms with Crippen LogP contribution < -0.4 is 10.2 Å². The molecule has 1 saturated heterocycles. The molecule has 1 unspecified atom stereocenters. The number of nitrogens with one attached hydrogen (secondary N) is 1. The molecule has 1 aromatic carbocycles. The van der Waals surface area contributed by atoms with Gasteiger partial charge in [0.25, 0.3) is 5.91 Å². The number of aromatic nitrogens is 1. The summed E-state index contributed by atoms with van der Waals surface area (Å²) in [4.78, 5) is 33.7. The van der Waals surface area contributed by atoms with Crippen LogP contribution in [0.1, 0.15) is 50.3 Å². The number of benzene rings is 1. The molecule has 0 radical (unpaired) electrons. The van der Waals surface area contributed by atoms with Crippen LogP contribution in [0.5, 0.6) is 0 Å². The predicted molar refractivity (Wildman–Crippen MR) is 140 cm³/mol. The Balaban J connectivity index is 1.63. The molecule has 4 rings (SSSR count). The van der Waals surface area contributed by atoms with Crippen molar-refractivity contribution in [2.75, 3.05) is 43.6 Å². The van der Waals surface area contributed by atoms with Crippen molar-refractivity contribution >= 4 is 23.3 Å². The molecule has 8 nitrogen and oxygen atoms in total. The summed E-state index contributed by atoms with van der Waals surface area (Å²) in [5, 5.41) is 12.9. The molecule has 1 atom stereocenters. The van der Waals surface area contributed by atoms with Gasteiger partial charge in [0, 0.05) is 55.5 Å². The SMILES string of the molecule is C=C(C)C(=O)Nc1cccc(-c2cc(C#N)c(N3CCN(C(=O)CCOC)C(C)C3)nc2C2CC2)c1. The molecule has 2 aliphatic rings. The molecule has 1 aliphatic heterocycles. The summed E-state index contributed by atoms with van der Waals surface area (Å²) in [7, 11) is 1.60. The van der Waals surface area contributed by atoms with Crippen LogP contribution in [0.2, 0.25) is 0 Å². The van der Waals surface area contributed by atoms with Gasteiger partial charge in [-0.2, -0.15) is 5.26 Å². The van der Waals surface area contributed by atoms with Gasteiger partial charge in [-0.1, -0.05) is 18.7 Å². The third kappa shape index (κ3) is 5.58. The number of piperazine rings is 1. The maximum absolute atomic E-state index is 12.5. The van der Waals surface area contributed by atoms with Crippen molar-refractivity contribution in [2.24, 2.45) is 0 Å². The van der Waals surface area contributed by atoms with Crippen LogP contribution in [0.4, 0.5) is 11.5 Å². The zero-order valence-electron chi connectivity index (χ0n) is 21.2. The normalized spacial score (nSPS) is 17.4. The molecular formula is C28H33N5O3. The largest absolute Gasteiger partial charge is 0.384 e. The fraction of sp³-hybridized carbons (Fsp3) is 0.429. The Labute approximate surface area is 212 Å². The van der Waals surface area contributed by atoms with Gasteiger partial charge in [-0.15, -0.1) is 0 Å². The number of hydrogen-bond acceptors (Lipinski definition) is 6.